The number of hydrogen-bond acceptors (Lipinski definition) is 4. The van der Waals surface area contributed by atoms with E-state index in [1.807, 2.05) is 42.5 Å². The minimum atomic E-state index is -0.841. The number of nitrogens with one attached hydrogen (secondary N) is 2. The van der Waals surface area contributed by atoms with Gasteiger partial charge in [-0.3, -0.25) is 14.5 Å². The van der Waals surface area contributed by atoms with Gasteiger partial charge in [0, 0.05) is 29.2 Å². The van der Waals surface area contributed by atoms with E-state index in [0.717, 1.165) is 42.0 Å². The van der Waals surface area contributed by atoms with Crippen molar-refractivity contribution >= 4 is 46.1 Å². The van der Waals surface area contributed by atoms with Crippen LogP contribution in [0.1, 0.15) is 35.1 Å². The van der Waals surface area contributed by atoms with Crippen molar-refractivity contribution in [2.45, 2.75) is 25.8 Å². The first-order chi connectivity index (χ1) is 17.0. The molecule has 2 heterocycles. The fourth-order valence-corrected chi connectivity index (χ4v) is 4.61. The number of aliphatic carboxylic acids is 1. The number of anilines is 2. The van der Waals surface area contributed by atoms with Crippen LogP contribution in [-0.2, 0) is 22.6 Å². The first-order valence-corrected chi connectivity index (χ1v) is 12.1. The Labute approximate surface area is 209 Å². The molecule has 0 bridgehead atoms. The van der Waals surface area contributed by atoms with Gasteiger partial charge in [0.15, 0.2) is 0 Å². The highest BCUT2D eigenvalue weighted by Crippen LogP contribution is 2.39. The van der Waals surface area contributed by atoms with Crippen molar-refractivity contribution in [2.75, 3.05) is 23.7 Å². The summed E-state index contributed by atoms with van der Waals surface area (Å²) in [5.41, 5.74) is 6.45. The van der Waals surface area contributed by atoms with Crippen LogP contribution in [0.15, 0.2) is 66.7 Å². The lowest BCUT2D eigenvalue weighted by Gasteiger charge is -2.30. The van der Waals surface area contributed by atoms with Crippen LogP contribution in [0.25, 0.3) is 11.3 Å². The van der Waals surface area contributed by atoms with Gasteiger partial charge >= 0.3 is 5.97 Å². The largest absolute Gasteiger partial charge is 0.481 e. The van der Waals surface area contributed by atoms with E-state index in [4.69, 9.17) is 16.7 Å². The Bertz CT molecular complexity index is 1310. The lowest BCUT2D eigenvalue weighted by molar-refractivity contribution is -0.137. The molecule has 3 aromatic rings. The molecule has 7 heteroatoms. The first-order valence-electron chi connectivity index (χ1n) is 11.7. The molecule has 0 saturated carbocycles. The molecule has 0 aliphatic carbocycles. The van der Waals surface area contributed by atoms with Gasteiger partial charge in [0.2, 0.25) is 0 Å². The lowest BCUT2D eigenvalue weighted by Crippen LogP contribution is -2.36. The summed E-state index contributed by atoms with van der Waals surface area (Å²) in [5, 5.41) is 16.0. The minimum Gasteiger partial charge on any atom is -0.481 e. The Morgan fingerprint density at radius 2 is 1.83 bits per heavy atom. The van der Waals surface area contributed by atoms with Crippen LogP contribution in [0.4, 0.5) is 11.4 Å². The summed E-state index contributed by atoms with van der Waals surface area (Å²) in [5.74, 6) is -1.05. The molecule has 35 heavy (non-hydrogen) atoms. The number of hydrogen-bond donors (Lipinski definition) is 3. The zero-order valence-corrected chi connectivity index (χ0v) is 19.9. The zero-order valence-electron chi connectivity index (χ0n) is 19.2. The minimum absolute atomic E-state index is 0.0447. The van der Waals surface area contributed by atoms with Crippen molar-refractivity contribution in [3.8, 4) is 0 Å². The number of carboxylic acid groups (broad SMARTS) is 1. The third-order valence-corrected chi connectivity index (χ3v) is 6.63. The second-order valence-corrected chi connectivity index (χ2v) is 9.38. The van der Waals surface area contributed by atoms with E-state index in [-0.39, 0.29) is 12.3 Å². The molecule has 0 radical (unpaired) electrons. The average Bonchev–Trinajstić information content (AvgIpc) is 3.14. The number of likely N-dealkylation sites (tertiary alicyclic amines) is 1. The first kappa shape index (κ1) is 23.1. The summed E-state index contributed by atoms with van der Waals surface area (Å²) in [4.78, 5) is 26.6. The maximum Gasteiger partial charge on any atom is 0.303 e. The Morgan fingerprint density at radius 3 is 2.54 bits per heavy atom. The summed E-state index contributed by atoms with van der Waals surface area (Å²) in [6.07, 6.45) is 1.72. The quantitative estimate of drug-likeness (QED) is 0.366. The number of nitrogens with zero attached hydrogens (tertiary/aromatic N) is 1. The number of carboxylic acids is 1. The number of rotatable bonds is 8. The third-order valence-electron chi connectivity index (χ3n) is 6.40. The zero-order chi connectivity index (χ0) is 24.4. The molecule has 6 nitrogen and oxygen atoms in total. The van der Waals surface area contributed by atoms with Crippen molar-refractivity contribution in [1.29, 1.82) is 0 Å². The molecule has 3 aromatic carbocycles. The fourth-order valence-electron chi connectivity index (χ4n) is 4.44. The van der Waals surface area contributed by atoms with E-state index in [1.54, 1.807) is 12.1 Å². The average molecular weight is 488 g/mol. The maximum absolute atomic E-state index is 13.1. The Morgan fingerprint density at radius 1 is 1.03 bits per heavy atom. The normalized spacial score (nSPS) is 16.3. The van der Waals surface area contributed by atoms with Gasteiger partial charge in [-0.15, -0.1) is 0 Å². The standard InChI is InChI=1S/C28H26ClN3O3/c29-21-8-11-23-24(16-21)31-28(35)26(23)27(20-4-1-3-18(15-20)7-12-25(33)34)30-22-9-5-19(6-10-22)17-32-13-2-14-32/h1,3-6,8-11,15-16,30H,2,7,12-14,17H2,(H,31,35)(H,33,34)/b27-26-. The van der Waals surface area contributed by atoms with Crippen molar-refractivity contribution in [3.05, 3.63) is 94.0 Å². The molecule has 0 spiro atoms. The molecule has 2 aliphatic rings. The molecule has 1 saturated heterocycles. The third kappa shape index (κ3) is 5.24. The van der Waals surface area contributed by atoms with Gasteiger partial charge < -0.3 is 15.7 Å². The smallest absolute Gasteiger partial charge is 0.303 e. The van der Waals surface area contributed by atoms with Gasteiger partial charge in [-0.2, -0.15) is 0 Å². The van der Waals surface area contributed by atoms with Gasteiger partial charge in [0.1, 0.15) is 0 Å². The van der Waals surface area contributed by atoms with Crippen LogP contribution >= 0.6 is 11.6 Å². The summed E-state index contributed by atoms with van der Waals surface area (Å²) in [6, 6.07) is 21.3. The maximum atomic E-state index is 13.1. The van der Waals surface area contributed by atoms with Gasteiger partial charge in [0.25, 0.3) is 5.91 Å². The van der Waals surface area contributed by atoms with Gasteiger partial charge in [-0.1, -0.05) is 48.0 Å². The number of amides is 1. The molecule has 178 valence electrons. The Kier molecular flexibility index (Phi) is 6.57. The number of benzene rings is 3. The Hall–Kier alpha value is -3.61. The van der Waals surface area contributed by atoms with E-state index >= 15 is 0 Å². The number of fused-ring (bicyclic) bond motifs is 1. The Balaban J connectivity index is 1.53. The number of aryl methyl sites for hydroxylation is 1. The van der Waals surface area contributed by atoms with Crippen LogP contribution < -0.4 is 10.6 Å². The van der Waals surface area contributed by atoms with E-state index in [9.17, 15) is 9.59 Å². The highest BCUT2D eigenvalue weighted by atomic mass is 35.5. The predicted octanol–water partition coefficient (Wildman–Crippen LogP) is 5.50. The van der Waals surface area contributed by atoms with Crippen LogP contribution in [0.5, 0.6) is 0 Å². The fraction of sp³-hybridized carbons (Fsp3) is 0.214. The van der Waals surface area contributed by atoms with E-state index in [2.05, 4.69) is 27.7 Å². The van der Waals surface area contributed by atoms with Crippen molar-refractivity contribution in [1.82, 2.24) is 4.90 Å². The SMILES string of the molecule is O=C(O)CCc1cccc(/C(Nc2ccc(CN3CCC3)cc2)=C2/C(=O)Nc3cc(Cl)ccc32)c1. The summed E-state index contributed by atoms with van der Waals surface area (Å²) >= 11 is 6.16. The molecule has 1 fully saturated rings. The highest BCUT2D eigenvalue weighted by molar-refractivity contribution is 6.38. The molecule has 0 atom stereocenters. The van der Waals surface area contributed by atoms with Crippen LogP contribution in [0.2, 0.25) is 5.02 Å². The van der Waals surface area contributed by atoms with Gasteiger partial charge in [-0.05, 0) is 73.0 Å². The summed E-state index contributed by atoms with van der Waals surface area (Å²) in [7, 11) is 0. The number of carbonyl (C=O) groups excluding carboxylic acids is 1. The molecular weight excluding hydrogens is 462 g/mol. The van der Waals surface area contributed by atoms with Crippen molar-refractivity contribution < 1.29 is 14.7 Å². The lowest BCUT2D eigenvalue weighted by atomic mass is 9.97. The van der Waals surface area contributed by atoms with Crippen LogP contribution in [-0.4, -0.2) is 35.0 Å². The van der Waals surface area contributed by atoms with E-state index < -0.39 is 5.97 Å². The number of carbonyl (C=O) groups is 2. The summed E-state index contributed by atoms with van der Waals surface area (Å²) < 4.78 is 0. The predicted molar refractivity (Wildman–Crippen MR) is 139 cm³/mol. The van der Waals surface area contributed by atoms with Crippen molar-refractivity contribution in [3.63, 3.8) is 0 Å². The van der Waals surface area contributed by atoms with Crippen LogP contribution in [0.3, 0.4) is 0 Å². The monoisotopic (exact) mass is 487 g/mol. The molecule has 5 rings (SSSR count). The van der Waals surface area contributed by atoms with Crippen LogP contribution in [0, 0.1) is 0 Å². The molecule has 1 amide bonds. The summed E-state index contributed by atoms with van der Waals surface area (Å²) in [6.45, 7) is 3.23. The van der Waals surface area contributed by atoms with Crippen molar-refractivity contribution in [2.24, 2.45) is 0 Å². The number of halogens is 1. The van der Waals surface area contributed by atoms with Gasteiger partial charge in [-0.25, -0.2) is 0 Å². The topological polar surface area (TPSA) is 81.7 Å². The second-order valence-electron chi connectivity index (χ2n) is 8.94. The molecule has 3 N–H and O–H groups in total. The molecule has 2 aliphatic heterocycles. The van der Waals surface area contributed by atoms with E-state index in [0.29, 0.717) is 28.4 Å². The molecule has 0 aromatic heterocycles. The highest BCUT2D eigenvalue weighted by Gasteiger charge is 2.28. The second kappa shape index (κ2) is 9.94. The molecule has 0 unspecified atom stereocenters. The van der Waals surface area contributed by atoms with E-state index in [1.165, 1.54) is 12.0 Å². The molecular formula is C28H26ClN3O3. The van der Waals surface area contributed by atoms with Gasteiger partial charge in [0.05, 0.1) is 17.0 Å².